The quantitative estimate of drug-likeness (QED) is 0.906. The second-order valence-electron chi connectivity index (χ2n) is 6.76. The Hall–Kier alpha value is -0.810. The maximum absolute atomic E-state index is 4.56. The molecule has 2 heterocycles. The molecule has 0 unspecified atom stereocenters. The Bertz CT molecular complexity index is 430. The summed E-state index contributed by atoms with van der Waals surface area (Å²) in [6, 6.07) is 0. The first-order valence-corrected chi connectivity index (χ1v) is 8.85. The Labute approximate surface area is 133 Å². The molecule has 0 saturated carbocycles. The van der Waals surface area contributed by atoms with E-state index in [0.717, 1.165) is 43.4 Å². The number of hydrogen-bond acceptors (Lipinski definition) is 5. The monoisotopic (exact) mass is 308 g/mol. The molecule has 1 aromatic rings. The van der Waals surface area contributed by atoms with Crippen molar-refractivity contribution in [2.45, 2.75) is 45.4 Å². The summed E-state index contributed by atoms with van der Waals surface area (Å²) < 4.78 is 0.370. The van der Waals surface area contributed by atoms with Gasteiger partial charge >= 0.3 is 0 Å². The predicted octanol–water partition coefficient (Wildman–Crippen LogP) is 2.94. The number of nitrogens with one attached hydrogen (secondary N) is 1. The molecule has 5 heteroatoms. The largest absolute Gasteiger partial charge is 0.340 e. The minimum atomic E-state index is 0.370. The van der Waals surface area contributed by atoms with Crippen LogP contribution >= 0.6 is 11.8 Å². The van der Waals surface area contributed by atoms with Crippen molar-refractivity contribution in [3.05, 3.63) is 18.0 Å². The molecular formula is C16H28N4S. The lowest BCUT2D eigenvalue weighted by Crippen LogP contribution is -2.28. The summed E-state index contributed by atoms with van der Waals surface area (Å²) in [4.78, 5) is 11.4. The summed E-state index contributed by atoms with van der Waals surface area (Å²) in [5, 5.41) is 3.42. The second kappa shape index (κ2) is 7.45. The smallest absolute Gasteiger partial charge is 0.225 e. The van der Waals surface area contributed by atoms with E-state index >= 15 is 0 Å². The van der Waals surface area contributed by atoms with Gasteiger partial charge in [0, 0.05) is 48.1 Å². The molecule has 2 rings (SSSR count). The van der Waals surface area contributed by atoms with Crippen LogP contribution < -0.4 is 10.2 Å². The third-order valence-corrected chi connectivity index (χ3v) is 5.07. The number of anilines is 1. The Kier molecular flexibility index (Phi) is 5.88. The Morgan fingerprint density at radius 3 is 2.67 bits per heavy atom. The van der Waals surface area contributed by atoms with Crippen LogP contribution in [0.4, 0.5) is 5.95 Å². The van der Waals surface area contributed by atoms with Crippen LogP contribution in [0.2, 0.25) is 0 Å². The van der Waals surface area contributed by atoms with Crippen molar-refractivity contribution in [2.75, 3.05) is 30.3 Å². The third-order valence-electron chi connectivity index (χ3n) is 3.69. The molecule has 1 aromatic heterocycles. The van der Waals surface area contributed by atoms with E-state index in [4.69, 9.17) is 0 Å². The molecule has 1 saturated heterocycles. The molecule has 0 atom stereocenters. The fraction of sp³-hybridized carbons (Fsp3) is 0.750. The average molecular weight is 308 g/mol. The summed E-state index contributed by atoms with van der Waals surface area (Å²) in [6.45, 7) is 13.0. The highest BCUT2D eigenvalue weighted by atomic mass is 32.2. The lowest BCUT2D eigenvalue weighted by atomic mass is 10.1. The molecule has 21 heavy (non-hydrogen) atoms. The van der Waals surface area contributed by atoms with E-state index < -0.39 is 0 Å². The van der Waals surface area contributed by atoms with Crippen molar-refractivity contribution in [2.24, 2.45) is 5.92 Å². The molecule has 0 aliphatic carbocycles. The summed E-state index contributed by atoms with van der Waals surface area (Å²) in [6.07, 6.45) is 5.09. The molecule has 0 radical (unpaired) electrons. The summed E-state index contributed by atoms with van der Waals surface area (Å²) in [5.41, 5.74) is 1.16. The standard InChI is InChI=1S/C16H28N4S/c1-13(2)9-17-10-14-11-18-15(19-12-14)20-6-5-16(3,4)21-8-7-20/h11-13,17H,5-10H2,1-4H3. The highest BCUT2D eigenvalue weighted by Gasteiger charge is 2.24. The molecule has 4 nitrogen and oxygen atoms in total. The molecular weight excluding hydrogens is 280 g/mol. The number of nitrogens with zero attached hydrogens (tertiary/aromatic N) is 3. The van der Waals surface area contributed by atoms with E-state index in [0.29, 0.717) is 10.7 Å². The van der Waals surface area contributed by atoms with Crippen molar-refractivity contribution in [1.29, 1.82) is 0 Å². The van der Waals surface area contributed by atoms with Crippen molar-refractivity contribution in [1.82, 2.24) is 15.3 Å². The van der Waals surface area contributed by atoms with Gasteiger partial charge in [-0.1, -0.05) is 27.7 Å². The van der Waals surface area contributed by atoms with Crippen LogP contribution in [0.15, 0.2) is 12.4 Å². The summed E-state index contributed by atoms with van der Waals surface area (Å²) in [7, 11) is 0. The molecule has 1 aliphatic heterocycles. The van der Waals surface area contributed by atoms with Gasteiger partial charge in [-0.25, -0.2) is 9.97 Å². The van der Waals surface area contributed by atoms with Gasteiger partial charge in [-0.2, -0.15) is 11.8 Å². The first kappa shape index (κ1) is 16.6. The number of thioether (sulfide) groups is 1. The van der Waals surface area contributed by atoms with Crippen LogP contribution in [0.25, 0.3) is 0 Å². The Morgan fingerprint density at radius 1 is 1.29 bits per heavy atom. The molecule has 1 fully saturated rings. The van der Waals surface area contributed by atoms with Gasteiger partial charge in [0.15, 0.2) is 0 Å². The van der Waals surface area contributed by atoms with Crippen LogP contribution in [0.3, 0.4) is 0 Å². The fourth-order valence-corrected chi connectivity index (χ4v) is 3.43. The maximum atomic E-state index is 4.56. The lowest BCUT2D eigenvalue weighted by molar-refractivity contribution is 0.551. The van der Waals surface area contributed by atoms with E-state index in [9.17, 15) is 0 Å². The SMILES string of the molecule is CC(C)CNCc1cnc(N2CCSC(C)(C)CC2)nc1. The van der Waals surface area contributed by atoms with E-state index in [-0.39, 0.29) is 0 Å². The molecule has 0 bridgehead atoms. The summed E-state index contributed by atoms with van der Waals surface area (Å²) in [5.74, 6) is 2.69. The highest BCUT2D eigenvalue weighted by molar-refractivity contribution is 8.00. The molecule has 0 aromatic carbocycles. The lowest BCUT2D eigenvalue weighted by Gasteiger charge is -2.22. The van der Waals surface area contributed by atoms with Crippen molar-refractivity contribution in [3.63, 3.8) is 0 Å². The van der Waals surface area contributed by atoms with Gasteiger partial charge in [0.1, 0.15) is 0 Å². The molecule has 0 spiro atoms. The predicted molar refractivity (Wildman–Crippen MR) is 91.9 cm³/mol. The van der Waals surface area contributed by atoms with Crippen molar-refractivity contribution < 1.29 is 0 Å². The van der Waals surface area contributed by atoms with E-state index in [1.165, 1.54) is 6.42 Å². The van der Waals surface area contributed by atoms with Gasteiger partial charge in [0.25, 0.3) is 0 Å². The minimum Gasteiger partial charge on any atom is -0.340 e. The van der Waals surface area contributed by atoms with Gasteiger partial charge in [0.2, 0.25) is 5.95 Å². The Morgan fingerprint density at radius 2 is 2.00 bits per heavy atom. The Balaban J connectivity index is 1.89. The van der Waals surface area contributed by atoms with Crippen molar-refractivity contribution >= 4 is 17.7 Å². The van der Waals surface area contributed by atoms with E-state index in [2.05, 4.69) is 47.9 Å². The van der Waals surface area contributed by atoms with Gasteiger partial charge in [-0.3, -0.25) is 0 Å². The van der Waals surface area contributed by atoms with Gasteiger partial charge in [0.05, 0.1) is 0 Å². The minimum absolute atomic E-state index is 0.370. The topological polar surface area (TPSA) is 41.1 Å². The summed E-state index contributed by atoms with van der Waals surface area (Å²) >= 11 is 2.05. The molecule has 0 amide bonds. The third kappa shape index (κ3) is 5.47. The van der Waals surface area contributed by atoms with Gasteiger partial charge in [-0.15, -0.1) is 0 Å². The van der Waals surface area contributed by atoms with Gasteiger partial charge < -0.3 is 10.2 Å². The fourth-order valence-electron chi connectivity index (χ4n) is 2.33. The molecule has 1 aliphatic rings. The first-order chi connectivity index (χ1) is 9.96. The van der Waals surface area contributed by atoms with Crippen LogP contribution in [0.1, 0.15) is 39.7 Å². The first-order valence-electron chi connectivity index (χ1n) is 7.87. The zero-order valence-electron chi connectivity index (χ0n) is 13.7. The number of aromatic nitrogens is 2. The average Bonchev–Trinajstić information content (AvgIpc) is 2.60. The van der Waals surface area contributed by atoms with E-state index in [1.807, 2.05) is 24.2 Å². The van der Waals surface area contributed by atoms with Crippen molar-refractivity contribution in [3.8, 4) is 0 Å². The van der Waals surface area contributed by atoms with Crippen LogP contribution in [-0.2, 0) is 6.54 Å². The van der Waals surface area contributed by atoms with Crippen LogP contribution in [-0.4, -0.2) is 40.1 Å². The number of hydrogen-bond donors (Lipinski definition) is 1. The van der Waals surface area contributed by atoms with E-state index in [1.54, 1.807) is 0 Å². The second-order valence-corrected chi connectivity index (χ2v) is 8.56. The van der Waals surface area contributed by atoms with Gasteiger partial charge in [-0.05, 0) is 18.9 Å². The zero-order valence-corrected chi connectivity index (χ0v) is 14.5. The normalized spacial score (nSPS) is 18.8. The highest BCUT2D eigenvalue weighted by Crippen LogP contribution is 2.31. The molecule has 1 N–H and O–H groups in total. The number of rotatable bonds is 5. The zero-order chi connectivity index (χ0) is 15.3. The van der Waals surface area contributed by atoms with Crippen LogP contribution in [0, 0.1) is 5.92 Å². The maximum Gasteiger partial charge on any atom is 0.225 e. The van der Waals surface area contributed by atoms with Crippen LogP contribution in [0.5, 0.6) is 0 Å². The molecule has 118 valence electrons.